The molecular formula is C13H17NO3. The van der Waals surface area contributed by atoms with Gasteiger partial charge in [0.05, 0.1) is 18.8 Å². The second-order valence-electron chi connectivity index (χ2n) is 4.40. The first-order chi connectivity index (χ1) is 8.11. The van der Waals surface area contributed by atoms with Gasteiger partial charge in [0, 0.05) is 13.1 Å². The van der Waals surface area contributed by atoms with Crippen LogP contribution in [0, 0.1) is 6.92 Å². The Morgan fingerprint density at radius 1 is 1.53 bits per heavy atom. The van der Waals surface area contributed by atoms with E-state index in [9.17, 15) is 9.90 Å². The number of aliphatic hydroxyl groups is 1. The molecule has 1 atom stereocenters. The molecule has 0 aliphatic carbocycles. The molecule has 0 unspecified atom stereocenters. The number of methoxy groups -OCH3 is 1. The molecule has 1 aliphatic rings. The Morgan fingerprint density at radius 3 is 2.88 bits per heavy atom. The number of aryl methyl sites for hydroxylation is 1. The lowest BCUT2D eigenvalue weighted by Crippen LogP contribution is -2.29. The SMILES string of the molecule is COc1ccc(C)cc1C(=O)N1CC[C@@H](O)C1. The van der Waals surface area contributed by atoms with E-state index in [0.29, 0.717) is 30.8 Å². The molecule has 1 aliphatic heterocycles. The number of aliphatic hydroxyl groups excluding tert-OH is 1. The highest BCUT2D eigenvalue weighted by Crippen LogP contribution is 2.23. The quantitative estimate of drug-likeness (QED) is 0.838. The average molecular weight is 235 g/mol. The van der Waals surface area contributed by atoms with Crippen LogP contribution in [0.15, 0.2) is 18.2 Å². The lowest BCUT2D eigenvalue weighted by atomic mass is 10.1. The minimum atomic E-state index is -0.394. The number of hydrogen-bond acceptors (Lipinski definition) is 3. The summed E-state index contributed by atoms with van der Waals surface area (Å²) in [5.74, 6) is 0.518. The van der Waals surface area contributed by atoms with Gasteiger partial charge in [-0.05, 0) is 25.5 Å². The zero-order valence-electron chi connectivity index (χ0n) is 10.1. The van der Waals surface area contributed by atoms with E-state index < -0.39 is 6.10 Å². The Hall–Kier alpha value is -1.55. The van der Waals surface area contributed by atoms with Crippen LogP contribution in [0.1, 0.15) is 22.3 Å². The molecule has 1 amide bonds. The topological polar surface area (TPSA) is 49.8 Å². The van der Waals surface area contributed by atoms with Crippen molar-refractivity contribution in [2.45, 2.75) is 19.4 Å². The summed E-state index contributed by atoms with van der Waals surface area (Å²) in [7, 11) is 1.56. The maximum Gasteiger partial charge on any atom is 0.257 e. The molecule has 0 aromatic heterocycles. The van der Waals surface area contributed by atoms with Crippen LogP contribution in [0.4, 0.5) is 0 Å². The zero-order valence-corrected chi connectivity index (χ0v) is 10.1. The highest BCUT2D eigenvalue weighted by molar-refractivity contribution is 5.97. The van der Waals surface area contributed by atoms with Crippen molar-refractivity contribution in [3.8, 4) is 5.75 Å². The predicted octanol–water partition coefficient (Wildman–Crippen LogP) is 1.21. The van der Waals surface area contributed by atoms with Crippen molar-refractivity contribution in [2.75, 3.05) is 20.2 Å². The number of nitrogens with zero attached hydrogens (tertiary/aromatic N) is 1. The lowest BCUT2D eigenvalue weighted by Gasteiger charge is -2.17. The number of carbonyl (C=O) groups excluding carboxylic acids is 1. The Morgan fingerprint density at radius 2 is 2.29 bits per heavy atom. The average Bonchev–Trinajstić information content (AvgIpc) is 2.75. The van der Waals surface area contributed by atoms with E-state index in [2.05, 4.69) is 0 Å². The maximum atomic E-state index is 12.3. The fourth-order valence-corrected chi connectivity index (χ4v) is 2.09. The Bertz CT molecular complexity index is 431. The minimum Gasteiger partial charge on any atom is -0.496 e. The van der Waals surface area contributed by atoms with Crippen LogP contribution in [0.2, 0.25) is 0 Å². The molecule has 0 spiro atoms. The van der Waals surface area contributed by atoms with Gasteiger partial charge in [-0.15, -0.1) is 0 Å². The maximum absolute atomic E-state index is 12.3. The zero-order chi connectivity index (χ0) is 12.4. The van der Waals surface area contributed by atoms with E-state index in [1.165, 1.54) is 0 Å². The van der Waals surface area contributed by atoms with Crippen molar-refractivity contribution in [1.29, 1.82) is 0 Å². The summed E-state index contributed by atoms with van der Waals surface area (Å²) < 4.78 is 5.20. The number of rotatable bonds is 2. The predicted molar refractivity (Wildman–Crippen MR) is 64.3 cm³/mol. The van der Waals surface area contributed by atoms with Crippen LogP contribution in [-0.4, -0.2) is 42.2 Å². The smallest absolute Gasteiger partial charge is 0.257 e. The number of ether oxygens (including phenoxy) is 1. The van der Waals surface area contributed by atoms with E-state index in [1.54, 1.807) is 18.1 Å². The third-order valence-corrected chi connectivity index (χ3v) is 3.04. The van der Waals surface area contributed by atoms with Crippen LogP contribution in [-0.2, 0) is 0 Å². The van der Waals surface area contributed by atoms with Gasteiger partial charge in [0.1, 0.15) is 5.75 Å². The van der Waals surface area contributed by atoms with Crippen molar-refractivity contribution in [3.63, 3.8) is 0 Å². The lowest BCUT2D eigenvalue weighted by molar-refractivity contribution is 0.0761. The first kappa shape index (κ1) is 11.9. The monoisotopic (exact) mass is 235 g/mol. The molecule has 1 saturated heterocycles. The molecule has 0 bridgehead atoms. The summed E-state index contributed by atoms with van der Waals surface area (Å²) in [6, 6.07) is 5.54. The molecular weight excluding hydrogens is 218 g/mol. The summed E-state index contributed by atoms with van der Waals surface area (Å²) in [5.41, 5.74) is 1.59. The van der Waals surface area contributed by atoms with Crippen molar-refractivity contribution in [3.05, 3.63) is 29.3 Å². The van der Waals surface area contributed by atoms with Gasteiger partial charge >= 0.3 is 0 Å². The van der Waals surface area contributed by atoms with Gasteiger partial charge in [-0.3, -0.25) is 4.79 Å². The Labute approximate surface area is 101 Å². The van der Waals surface area contributed by atoms with Crippen LogP contribution >= 0.6 is 0 Å². The van der Waals surface area contributed by atoms with Gasteiger partial charge in [-0.2, -0.15) is 0 Å². The Kier molecular flexibility index (Phi) is 3.33. The summed E-state index contributed by atoms with van der Waals surface area (Å²) in [6.45, 7) is 2.96. The van der Waals surface area contributed by atoms with Crippen LogP contribution in [0.3, 0.4) is 0 Å². The molecule has 92 valence electrons. The highest BCUT2D eigenvalue weighted by atomic mass is 16.5. The first-order valence-corrected chi connectivity index (χ1v) is 5.74. The summed E-state index contributed by atoms with van der Waals surface area (Å²) in [5, 5.41) is 9.45. The van der Waals surface area contributed by atoms with Gasteiger partial charge in [-0.1, -0.05) is 11.6 Å². The number of benzene rings is 1. The van der Waals surface area contributed by atoms with Crippen molar-refractivity contribution >= 4 is 5.91 Å². The van der Waals surface area contributed by atoms with Gasteiger partial charge < -0.3 is 14.7 Å². The largest absolute Gasteiger partial charge is 0.496 e. The normalized spacial score (nSPS) is 19.5. The molecule has 0 saturated carbocycles. The molecule has 1 heterocycles. The molecule has 4 nitrogen and oxygen atoms in total. The summed E-state index contributed by atoms with van der Waals surface area (Å²) >= 11 is 0. The molecule has 2 rings (SSSR count). The molecule has 1 fully saturated rings. The molecule has 1 N–H and O–H groups in total. The number of carbonyl (C=O) groups is 1. The van der Waals surface area contributed by atoms with E-state index in [0.717, 1.165) is 5.56 Å². The Balaban J connectivity index is 2.26. The minimum absolute atomic E-state index is 0.0675. The standard InChI is InChI=1S/C13H17NO3/c1-9-3-4-12(17-2)11(7-9)13(16)14-6-5-10(15)8-14/h3-4,7,10,15H,5-6,8H2,1-2H3/t10-/m1/s1. The van der Waals surface area contributed by atoms with Crippen LogP contribution in [0.25, 0.3) is 0 Å². The fraction of sp³-hybridized carbons (Fsp3) is 0.462. The fourth-order valence-electron chi connectivity index (χ4n) is 2.09. The van der Waals surface area contributed by atoms with E-state index in [1.807, 2.05) is 19.1 Å². The summed E-state index contributed by atoms with van der Waals surface area (Å²) in [6.07, 6.45) is 0.259. The summed E-state index contributed by atoms with van der Waals surface area (Å²) in [4.78, 5) is 13.9. The van der Waals surface area contributed by atoms with Gasteiger partial charge in [0.25, 0.3) is 5.91 Å². The molecule has 1 aromatic carbocycles. The number of β-amino-alcohol motifs (C(OH)–C–C–N with tert-alkyl or cyclic N) is 1. The van der Waals surface area contributed by atoms with Gasteiger partial charge in [0.2, 0.25) is 0 Å². The number of hydrogen-bond donors (Lipinski definition) is 1. The van der Waals surface area contributed by atoms with Crippen LogP contribution < -0.4 is 4.74 Å². The molecule has 1 aromatic rings. The van der Waals surface area contributed by atoms with E-state index in [-0.39, 0.29) is 5.91 Å². The molecule has 4 heteroatoms. The van der Waals surface area contributed by atoms with Gasteiger partial charge in [0.15, 0.2) is 0 Å². The number of amides is 1. The highest BCUT2D eigenvalue weighted by Gasteiger charge is 2.27. The third-order valence-electron chi connectivity index (χ3n) is 3.04. The van der Waals surface area contributed by atoms with Gasteiger partial charge in [-0.25, -0.2) is 0 Å². The second kappa shape index (κ2) is 4.75. The van der Waals surface area contributed by atoms with E-state index in [4.69, 9.17) is 4.74 Å². The molecule has 17 heavy (non-hydrogen) atoms. The molecule has 0 radical (unpaired) electrons. The third kappa shape index (κ3) is 2.42. The van der Waals surface area contributed by atoms with Crippen molar-refractivity contribution in [1.82, 2.24) is 4.90 Å². The first-order valence-electron chi connectivity index (χ1n) is 5.74. The van der Waals surface area contributed by atoms with E-state index >= 15 is 0 Å². The number of likely N-dealkylation sites (tertiary alicyclic amines) is 1. The second-order valence-corrected chi connectivity index (χ2v) is 4.40. The van der Waals surface area contributed by atoms with Crippen molar-refractivity contribution < 1.29 is 14.6 Å². The van der Waals surface area contributed by atoms with Crippen LogP contribution in [0.5, 0.6) is 5.75 Å². The van der Waals surface area contributed by atoms with Crippen molar-refractivity contribution in [2.24, 2.45) is 0 Å².